The molecule has 1 heterocycles. The number of furan rings is 1. The molecule has 0 aliphatic carbocycles. The zero-order valence-corrected chi connectivity index (χ0v) is 12.2. The van der Waals surface area contributed by atoms with Gasteiger partial charge >= 0.3 is 0 Å². The Hall–Kier alpha value is -2.23. The van der Waals surface area contributed by atoms with Gasteiger partial charge in [-0.3, -0.25) is 10.1 Å². The van der Waals surface area contributed by atoms with Gasteiger partial charge in [0.15, 0.2) is 0 Å². The fraction of sp³-hybridized carbons (Fsp3) is 0.231. The molecular weight excluding hydrogens is 312 g/mol. The highest BCUT2D eigenvalue weighted by Crippen LogP contribution is 2.18. The molecule has 1 atom stereocenters. The number of nitro groups is 1. The van der Waals surface area contributed by atoms with Crippen molar-refractivity contribution in [3.05, 3.63) is 58.5 Å². The van der Waals surface area contributed by atoms with Crippen LogP contribution in [0.4, 0.5) is 5.69 Å². The summed E-state index contributed by atoms with van der Waals surface area (Å²) in [4.78, 5) is 9.85. The molecule has 0 bridgehead atoms. The molecule has 2 rings (SSSR count). The Morgan fingerprint density at radius 2 is 1.95 bits per heavy atom. The van der Waals surface area contributed by atoms with E-state index >= 15 is 0 Å². The lowest BCUT2D eigenvalue weighted by molar-refractivity contribution is -0.384. The molecule has 0 saturated heterocycles. The molecule has 0 aliphatic heterocycles. The summed E-state index contributed by atoms with van der Waals surface area (Å²) < 4.78 is 31.2. The van der Waals surface area contributed by atoms with Crippen molar-refractivity contribution < 1.29 is 22.9 Å². The maximum absolute atomic E-state index is 12.0. The van der Waals surface area contributed by atoms with Gasteiger partial charge in [-0.15, -0.1) is 0 Å². The van der Waals surface area contributed by atoms with Crippen molar-refractivity contribution in [3.8, 4) is 0 Å². The third-order valence-electron chi connectivity index (χ3n) is 3.00. The monoisotopic (exact) mass is 326 g/mol. The van der Waals surface area contributed by atoms with Crippen LogP contribution in [0.3, 0.4) is 0 Å². The Morgan fingerprint density at radius 3 is 2.50 bits per heavy atom. The summed E-state index contributed by atoms with van der Waals surface area (Å²) in [6, 6.07) is 6.15. The van der Waals surface area contributed by atoms with Crippen LogP contribution in [-0.2, 0) is 10.0 Å². The molecule has 1 unspecified atom stereocenters. The molecular formula is C13H14N2O6S. The maximum atomic E-state index is 12.0. The highest BCUT2D eigenvalue weighted by Gasteiger charge is 2.16. The van der Waals surface area contributed by atoms with Crippen LogP contribution in [-0.4, -0.2) is 25.0 Å². The number of aliphatic hydroxyl groups is 1. The number of nitrogens with zero attached hydrogens (tertiary/aromatic N) is 1. The van der Waals surface area contributed by atoms with Crippen LogP contribution in [0.1, 0.15) is 18.1 Å². The van der Waals surface area contributed by atoms with Crippen molar-refractivity contribution in [2.24, 2.45) is 0 Å². The van der Waals surface area contributed by atoms with Crippen LogP contribution in [0.15, 0.2) is 52.2 Å². The third kappa shape index (κ3) is 3.91. The summed E-state index contributed by atoms with van der Waals surface area (Å²) in [6.45, 7) is 0.0195. The number of aliphatic hydroxyl groups excluding tert-OH is 1. The molecule has 1 aromatic heterocycles. The molecule has 0 saturated carbocycles. The maximum Gasteiger partial charge on any atom is 0.269 e. The molecule has 8 nitrogen and oxygen atoms in total. The third-order valence-corrected chi connectivity index (χ3v) is 4.47. The van der Waals surface area contributed by atoms with Gasteiger partial charge in [0.2, 0.25) is 10.0 Å². The highest BCUT2D eigenvalue weighted by atomic mass is 32.2. The molecule has 2 aromatic rings. The fourth-order valence-corrected chi connectivity index (χ4v) is 2.84. The molecule has 2 N–H and O–H groups in total. The highest BCUT2D eigenvalue weighted by molar-refractivity contribution is 7.89. The quantitative estimate of drug-likeness (QED) is 0.588. The van der Waals surface area contributed by atoms with E-state index in [9.17, 15) is 23.6 Å². The molecule has 1 aromatic carbocycles. The zero-order valence-electron chi connectivity index (χ0n) is 11.4. The Morgan fingerprint density at radius 1 is 1.27 bits per heavy atom. The smallest absolute Gasteiger partial charge is 0.269 e. The number of nitrogens with one attached hydrogen (secondary N) is 1. The van der Waals surface area contributed by atoms with Crippen molar-refractivity contribution in [2.75, 3.05) is 6.54 Å². The average Bonchev–Trinajstić information content (AvgIpc) is 3.01. The molecule has 118 valence electrons. The number of rotatable bonds is 7. The second-order valence-electron chi connectivity index (χ2n) is 4.51. The summed E-state index contributed by atoms with van der Waals surface area (Å²) in [5, 5.41) is 20.3. The zero-order chi connectivity index (χ0) is 16.2. The summed E-state index contributed by atoms with van der Waals surface area (Å²) >= 11 is 0. The van der Waals surface area contributed by atoms with Crippen LogP contribution >= 0.6 is 0 Å². The van der Waals surface area contributed by atoms with E-state index < -0.39 is 21.1 Å². The summed E-state index contributed by atoms with van der Waals surface area (Å²) in [6.07, 6.45) is 2.14. The lowest BCUT2D eigenvalue weighted by atomic mass is 10.1. The first kappa shape index (κ1) is 16.1. The largest absolute Gasteiger partial charge is 0.472 e. The van der Waals surface area contributed by atoms with Gasteiger partial charge in [-0.1, -0.05) is 0 Å². The van der Waals surface area contributed by atoms with E-state index in [-0.39, 0.29) is 23.5 Å². The first-order valence-corrected chi connectivity index (χ1v) is 7.83. The molecule has 22 heavy (non-hydrogen) atoms. The Labute approximate surface area is 126 Å². The lowest BCUT2D eigenvalue weighted by Gasteiger charge is -2.10. The van der Waals surface area contributed by atoms with Crippen LogP contribution in [0, 0.1) is 10.1 Å². The van der Waals surface area contributed by atoms with Crippen LogP contribution in [0.2, 0.25) is 0 Å². The molecule has 0 spiro atoms. The van der Waals surface area contributed by atoms with Crippen LogP contribution in [0.5, 0.6) is 0 Å². The molecule has 0 amide bonds. The van der Waals surface area contributed by atoms with Crippen molar-refractivity contribution in [1.29, 1.82) is 0 Å². The number of nitro benzene ring substituents is 1. The van der Waals surface area contributed by atoms with Crippen molar-refractivity contribution in [3.63, 3.8) is 0 Å². The predicted molar refractivity (Wildman–Crippen MR) is 76.6 cm³/mol. The second-order valence-corrected chi connectivity index (χ2v) is 6.28. The van der Waals surface area contributed by atoms with Gasteiger partial charge in [-0.25, -0.2) is 13.1 Å². The van der Waals surface area contributed by atoms with E-state index in [4.69, 9.17) is 4.42 Å². The topological polar surface area (TPSA) is 123 Å². The Balaban J connectivity index is 1.95. The van der Waals surface area contributed by atoms with E-state index in [1.54, 1.807) is 6.07 Å². The van der Waals surface area contributed by atoms with Crippen LogP contribution < -0.4 is 4.72 Å². The lowest BCUT2D eigenvalue weighted by Crippen LogP contribution is -2.25. The normalized spacial score (nSPS) is 13.0. The molecule has 0 aliphatic rings. The summed E-state index contributed by atoms with van der Waals surface area (Å²) in [5.74, 6) is 0. The first-order valence-electron chi connectivity index (χ1n) is 6.34. The van der Waals surface area contributed by atoms with Gasteiger partial charge in [0.05, 0.1) is 28.4 Å². The summed E-state index contributed by atoms with van der Waals surface area (Å²) in [5.41, 5.74) is 0.379. The molecule has 0 radical (unpaired) electrons. The minimum Gasteiger partial charge on any atom is -0.472 e. The minimum absolute atomic E-state index is 0.0195. The Kier molecular flexibility index (Phi) is 4.91. The van der Waals surface area contributed by atoms with Crippen LogP contribution in [0.25, 0.3) is 0 Å². The fourth-order valence-electron chi connectivity index (χ4n) is 1.79. The van der Waals surface area contributed by atoms with E-state index in [1.807, 2.05) is 0 Å². The number of non-ortho nitro benzene ring substituents is 1. The number of sulfonamides is 1. The Bertz CT molecular complexity index is 724. The predicted octanol–water partition coefficient (Wildman–Crippen LogP) is 1.59. The van der Waals surface area contributed by atoms with Gasteiger partial charge in [0.1, 0.15) is 0 Å². The summed E-state index contributed by atoms with van der Waals surface area (Å²) in [7, 11) is -3.77. The van der Waals surface area contributed by atoms with Gasteiger partial charge in [-0.05, 0) is 24.6 Å². The SMILES string of the molecule is O=[N+]([O-])c1ccc(S(=O)(=O)NCCC(O)c2ccoc2)cc1. The van der Waals surface area contributed by atoms with E-state index in [0.29, 0.717) is 5.56 Å². The minimum atomic E-state index is -3.77. The van der Waals surface area contributed by atoms with Gasteiger partial charge in [0.25, 0.3) is 5.69 Å². The van der Waals surface area contributed by atoms with Crippen molar-refractivity contribution in [2.45, 2.75) is 17.4 Å². The standard InChI is InChI=1S/C13H14N2O6S/c16-13(10-6-8-21-9-10)5-7-14-22(19,20)12-3-1-11(2-4-12)15(17)18/h1-4,6,8-9,13-14,16H,5,7H2. The second kappa shape index (κ2) is 6.69. The van der Waals surface area contributed by atoms with Gasteiger partial charge in [0, 0.05) is 24.2 Å². The first-order chi connectivity index (χ1) is 10.4. The van der Waals surface area contributed by atoms with E-state index in [0.717, 1.165) is 24.3 Å². The van der Waals surface area contributed by atoms with Gasteiger partial charge in [-0.2, -0.15) is 0 Å². The number of hydrogen-bond donors (Lipinski definition) is 2. The van der Waals surface area contributed by atoms with E-state index in [2.05, 4.69) is 4.72 Å². The van der Waals surface area contributed by atoms with Crippen molar-refractivity contribution >= 4 is 15.7 Å². The number of hydrogen-bond acceptors (Lipinski definition) is 6. The van der Waals surface area contributed by atoms with E-state index in [1.165, 1.54) is 12.5 Å². The average molecular weight is 326 g/mol. The number of benzene rings is 1. The molecule has 9 heteroatoms. The van der Waals surface area contributed by atoms with Crippen molar-refractivity contribution in [1.82, 2.24) is 4.72 Å². The van der Waals surface area contributed by atoms with Gasteiger partial charge < -0.3 is 9.52 Å². The molecule has 0 fully saturated rings.